The zero-order valence-corrected chi connectivity index (χ0v) is 13.6. The SMILES string of the molecule is CN1C(Br)Cc2nc(CN3CC4(CC(O)C4)C3)cc(=O)n21. The van der Waals surface area contributed by atoms with Gasteiger partial charge in [0.15, 0.2) is 0 Å². The molecular formula is C14H19BrN4O2. The van der Waals surface area contributed by atoms with Crippen molar-refractivity contribution in [2.75, 3.05) is 25.1 Å². The molecule has 3 aliphatic rings. The number of aliphatic hydroxyl groups excluding tert-OH is 1. The van der Waals surface area contributed by atoms with Crippen molar-refractivity contribution in [3.8, 4) is 0 Å². The van der Waals surface area contributed by atoms with Crippen molar-refractivity contribution < 1.29 is 5.11 Å². The highest BCUT2D eigenvalue weighted by atomic mass is 79.9. The fraction of sp³-hybridized carbons (Fsp3) is 0.714. The minimum Gasteiger partial charge on any atom is -0.393 e. The normalized spacial score (nSPS) is 27.6. The summed E-state index contributed by atoms with van der Waals surface area (Å²) < 4.78 is 1.64. The van der Waals surface area contributed by atoms with Crippen molar-refractivity contribution in [3.63, 3.8) is 0 Å². The minimum absolute atomic E-state index is 0.00578. The summed E-state index contributed by atoms with van der Waals surface area (Å²) in [6.07, 6.45) is 2.51. The summed E-state index contributed by atoms with van der Waals surface area (Å²) in [4.78, 5) is 19.3. The van der Waals surface area contributed by atoms with Crippen molar-refractivity contribution in [2.24, 2.45) is 5.41 Å². The third-order valence-electron chi connectivity index (χ3n) is 4.93. The highest BCUT2D eigenvalue weighted by Gasteiger charge is 2.51. The van der Waals surface area contributed by atoms with E-state index in [1.165, 1.54) is 0 Å². The van der Waals surface area contributed by atoms with Gasteiger partial charge in [0.1, 0.15) is 10.8 Å². The molecule has 21 heavy (non-hydrogen) atoms. The number of halogens is 1. The lowest BCUT2D eigenvalue weighted by atomic mass is 9.62. The molecule has 0 amide bonds. The lowest BCUT2D eigenvalue weighted by molar-refractivity contribution is -0.131. The molecule has 1 atom stereocenters. The van der Waals surface area contributed by atoms with E-state index in [1.54, 1.807) is 10.7 Å². The van der Waals surface area contributed by atoms with E-state index in [0.29, 0.717) is 5.41 Å². The summed E-state index contributed by atoms with van der Waals surface area (Å²) in [6, 6.07) is 1.64. The maximum atomic E-state index is 12.2. The average Bonchev–Trinajstić information content (AvgIpc) is 2.61. The monoisotopic (exact) mass is 354 g/mol. The molecule has 0 aromatic carbocycles. The average molecular weight is 355 g/mol. The molecule has 1 saturated heterocycles. The first-order valence-electron chi connectivity index (χ1n) is 7.35. The Balaban J connectivity index is 1.47. The van der Waals surface area contributed by atoms with Crippen molar-refractivity contribution >= 4 is 15.9 Å². The van der Waals surface area contributed by atoms with Gasteiger partial charge in [-0.1, -0.05) is 15.9 Å². The lowest BCUT2D eigenvalue weighted by Gasteiger charge is -2.57. The van der Waals surface area contributed by atoms with Gasteiger partial charge in [0.2, 0.25) is 0 Å². The molecule has 7 heteroatoms. The van der Waals surface area contributed by atoms with E-state index >= 15 is 0 Å². The molecular weight excluding hydrogens is 336 g/mol. The number of rotatable bonds is 2. The van der Waals surface area contributed by atoms with Gasteiger partial charge in [0, 0.05) is 44.6 Å². The maximum Gasteiger partial charge on any atom is 0.272 e. The van der Waals surface area contributed by atoms with Gasteiger partial charge < -0.3 is 5.11 Å². The number of fused-ring (bicyclic) bond motifs is 1. The van der Waals surface area contributed by atoms with E-state index < -0.39 is 0 Å². The largest absolute Gasteiger partial charge is 0.393 e. The van der Waals surface area contributed by atoms with E-state index in [1.807, 2.05) is 12.1 Å². The molecule has 3 heterocycles. The highest BCUT2D eigenvalue weighted by molar-refractivity contribution is 9.09. The summed E-state index contributed by atoms with van der Waals surface area (Å²) >= 11 is 3.55. The quantitative estimate of drug-likeness (QED) is 0.600. The van der Waals surface area contributed by atoms with Crippen LogP contribution in [-0.2, 0) is 13.0 Å². The van der Waals surface area contributed by atoms with Crippen LogP contribution >= 0.6 is 15.9 Å². The molecule has 2 aliphatic heterocycles. The summed E-state index contributed by atoms with van der Waals surface area (Å²) in [6.45, 7) is 2.77. The van der Waals surface area contributed by atoms with Gasteiger partial charge in [-0.2, -0.15) is 0 Å². The number of hydrogen-bond acceptors (Lipinski definition) is 5. The van der Waals surface area contributed by atoms with Crippen molar-refractivity contribution in [1.82, 2.24) is 14.6 Å². The Labute approximate surface area is 131 Å². The van der Waals surface area contributed by atoms with Gasteiger partial charge >= 0.3 is 0 Å². The lowest BCUT2D eigenvalue weighted by Crippen LogP contribution is -2.63. The first-order chi connectivity index (χ1) is 9.96. The van der Waals surface area contributed by atoms with Crippen LogP contribution < -0.4 is 10.6 Å². The Bertz CT molecular complexity index is 632. The van der Waals surface area contributed by atoms with Crippen molar-refractivity contribution in [3.05, 3.63) is 27.9 Å². The van der Waals surface area contributed by atoms with Crippen LogP contribution in [0.3, 0.4) is 0 Å². The zero-order valence-electron chi connectivity index (χ0n) is 12.0. The number of nitrogens with zero attached hydrogens (tertiary/aromatic N) is 4. The van der Waals surface area contributed by atoms with Crippen LogP contribution in [-0.4, -0.2) is 50.9 Å². The van der Waals surface area contributed by atoms with E-state index in [4.69, 9.17) is 0 Å². The summed E-state index contributed by atoms with van der Waals surface area (Å²) in [5.74, 6) is 0.830. The third kappa shape index (κ3) is 2.13. The predicted molar refractivity (Wildman–Crippen MR) is 82.0 cm³/mol. The second kappa shape index (κ2) is 4.54. The Hall–Kier alpha value is -0.920. The first kappa shape index (κ1) is 13.7. The van der Waals surface area contributed by atoms with Crippen LogP contribution in [0.25, 0.3) is 0 Å². The molecule has 0 bridgehead atoms. The van der Waals surface area contributed by atoms with E-state index in [2.05, 4.69) is 25.8 Å². The second-order valence-corrected chi connectivity index (χ2v) is 7.79. The molecule has 1 unspecified atom stereocenters. The van der Waals surface area contributed by atoms with E-state index in [0.717, 1.165) is 50.4 Å². The molecule has 2 fully saturated rings. The number of aliphatic hydroxyl groups is 1. The van der Waals surface area contributed by atoms with Gasteiger partial charge in [0.05, 0.1) is 11.8 Å². The molecule has 1 saturated carbocycles. The number of aromatic nitrogens is 2. The highest BCUT2D eigenvalue weighted by Crippen LogP contribution is 2.48. The van der Waals surface area contributed by atoms with Gasteiger partial charge in [-0.25, -0.2) is 9.66 Å². The minimum atomic E-state index is -0.0960. The second-order valence-electron chi connectivity index (χ2n) is 6.73. The van der Waals surface area contributed by atoms with Crippen molar-refractivity contribution in [1.29, 1.82) is 0 Å². The topological polar surface area (TPSA) is 61.6 Å². The molecule has 1 aliphatic carbocycles. The smallest absolute Gasteiger partial charge is 0.272 e. The number of likely N-dealkylation sites (tertiary alicyclic amines) is 1. The fourth-order valence-electron chi connectivity index (χ4n) is 3.98. The molecule has 114 valence electrons. The molecule has 1 aromatic heterocycles. The van der Waals surface area contributed by atoms with Crippen LogP contribution in [0.15, 0.2) is 10.9 Å². The maximum absolute atomic E-state index is 12.2. The molecule has 6 nitrogen and oxygen atoms in total. The number of alkyl halides is 1. The van der Waals surface area contributed by atoms with Gasteiger partial charge in [-0.05, 0) is 12.8 Å². The van der Waals surface area contributed by atoms with E-state index in [9.17, 15) is 9.90 Å². The molecule has 1 N–H and O–H groups in total. The van der Waals surface area contributed by atoms with Gasteiger partial charge in [-0.3, -0.25) is 14.7 Å². The number of hydrogen-bond donors (Lipinski definition) is 1. The standard InChI is InChI=1S/C14H19BrN4O2/c1-17-11(15)3-12-16-9(2-13(21)19(12)17)6-18-7-14(8-18)4-10(20)5-14/h2,10-11,20H,3-8H2,1H3. The number of likely N-dealkylation sites (N-methyl/N-ethyl adjacent to an activating group) is 1. The van der Waals surface area contributed by atoms with Crippen LogP contribution in [0.1, 0.15) is 24.4 Å². The predicted octanol–water partition coefficient (Wildman–Crippen LogP) is 0.0449. The van der Waals surface area contributed by atoms with Crippen LogP contribution in [0, 0.1) is 5.41 Å². The van der Waals surface area contributed by atoms with Gasteiger partial charge in [0.25, 0.3) is 5.56 Å². The Kier molecular flexibility index (Phi) is 2.96. The van der Waals surface area contributed by atoms with Crippen LogP contribution in [0.4, 0.5) is 0 Å². The van der Waals surface area contributed by atoms with Crippen LogP contribution in [0.2, 0.25) is 0 Å². The molecule has 1 spiro atoms. The summed E-state index contributed by atoms with van der Waals surface area (Å²) in [7, 11) is 1.89. The Morgan fingerprint density at radius 1 is 1.48 bits per heavy atom. The summed E-state index contributed by atoms with van der Waals surface area (Å²) in [5.41, 5.74) is 1.21. The Morgan fingerprint density at radius 3 is 2.86 bits per heavy atom. The van der Waals surface area contributed by atoms with Crippen LogP contribution in [0.5, 0.6) is 0 Å². The summed E-state index contributed by atoms with van der Waals surface area (Å²) in [5, 5.41) is 11.3. The Morgan fingerprint density at radius 2 is 2.19 bits per heavy atom. The fourth-order valence-corrected chi connectivity index (χ4v) is 4.45. The molecule has 1 aromatic rings. The van der Waals surface area contributed by atoms with E-state index in [-0.39, 0.29) is 16.6 Å². The molecule has 0 radical (unpaired) electrons. The zero-order chi connectivity index (χ0) is 14.8. The van der Waals surface area contributed by atoms with Crippen molar-refractivity contribution in [2.45, 2.75) is 36.9 Å². The first-order valence-corrected chi connectivity index (χ1v) is 8.27. The van der Waals surface area contributed by atoms with Gasteiger partial charge in [-0.15, -0.1) is 0 Å². The molecule has 4 rings (SSSR count). The third-order valence-corrected chi connectivity index (χ3v) is 5.85.